The van der Waals surface area contributed by atoms with E-state index in [0.29, 0.717) is 12.0 Å². The van der Waals surface area contributed by atoms with E-state index in [1.807, 2.05) is 19.9 Å². The van der Waals surface area contributed by atoms with E-state index in [4.69, 9.17) is 33.2 Å². The summed E-state index contributed by atoms with van der Waals surface area (Å²) in [4.78, 5) is 75.4. The predicted molar refractivity (Wildman–Crippen MR) is 205 cm³/mol. The molecule has 1 N–H and O–H groups in total. The summed E-state index contributed by atoms with van der Waals surface area (Å²) in [6, 6.07) is 0. The summed E-state index contributed by atoms with van der Waals surface area (Å²) in [6.07, 6.45) is 3.64. The van der Waals surface area contributed by atoms with Crippen molar-refractivity contribution in [1.82, 2.24) is 5.32 Å². The molecule has 5 unspecified atom stereocenters. The summed E-state index contributed by atoms with van der Waals surface area (Å²) >= 11 is 0. The zero-order valence-electron chi connectivity index (χ0n) is 35.4. The average Bonchev–Trinajstić information content (AvgIpc) is 3.11. The summed E-state index contributed by atoms with van der Waals surface area (Å²) in [7, 11) is 1.43. The van der Waals surface area contributed by atoms with Gasteiger partial charge in [0.2, 0.25) is 18.2 Å². The number of hydrogen-bond donors (Lipinski definition) is 1. The minimum atomic E-state index is -1.55. The molecule has 2 saturated heterocycles. The SMILES string of the molecule is COC(=O)C(C)(C)CC[C@]1(C)CC[C@]2(C)C3=CC=C4C(=CC(=O)C(OC5OC(COC(C)=O)C(OC(C)=O)C(OC(C)=O)C5OC(C)=O)=C4C)[C@]3(C)CC[C@@]2(C)N1. The lowest BCUT2D eigenvalue weighted by Gasteiger charge is -2.65. The molecule has 0 aromatic heterocycles. The van der Waals surface area contributed by atoms with Gasteiger partial charge in [-0.2, -0.15) is 0 Å². The number of hydrogen-bond acceptors (Lipinski definition) is 14. The molecule has 1 saturated carbocycles. The molecule has 0 aromatic rings. The highest BCUT2D eigenvalue weighted by molar-refractivity contribution is 6.07. The van der Waals surface area contributed by atoms with Crippen molar-refractivity contribution in [3.05, 3.63) is 46.3 Å². The first kappa shape index (κ1) is 43.8. The molecule has 0 amide bonds. The monoisotopic (exact) mass is 797 g/mol. The maximum atomic E-state index is 14.2. The van der Waals surface area contributed by atoms with E-state index >= 15 is 0 Å². The smallest absolute Gasteiger partial charge is 0.311 e. The van der Waals surface area contributed by atoms with E-state index in [-0.39, 0.29) is 28.2 Å². The molecule has 2 heterocycles. The Labute approximate surface area is 335 Å². The molecule has 0 spiro atoms. The fourth-order valence-corrected chi connectivity index (χ4v) is 9.65. The van der Waals surface area contributed by atoms with E-state index in [2.05, 4.69) is 39.1 Å². The first-order valence-corrected chi connectivity index (χ1v) is 19.7. The molecular formula is C43H59NO13. The molecule has 9 atom stereocenters. The first-order chi connectivity index (χ1) is 26.4. The second-order valence-corrected chi connectivity index (χ2v) is 17.8. The quantitative estimate of drug-likeness (QED) is 0.207. The lowest BCUT2D eigenvalue weighted by Crippen LogP contribution is -2.70. The van der Waals surface area contributed by atoms with Gasteiger partial charge in [0.25, 0.3) is 0 Å². The van der Waals surface area contributed by atoms with Gasteiger partial charge in [0, 0.05) is 55.2 Å². The van der Waals surface area contributed by atoms with Gasteiger partial charge < -0.3 is 38.5 Å². The number of fused-ring (bicyclic) bond motifs is 5. The van der Waals surface area contributed by atoms with E-state index in [1.54, 1.807) is 13.0 Å². The van der Waals surface area contributed by atoms with Crippen LogP contribution in [0.1, 0.15) is 115 Å². The second kappa shape index (κ2) is 15.8. The van der Waals surface area contributed by atoms with Gasteiger partial charge in [-0.05, 0) is 90.4 Å². The van der Waals surface area contributed by atoms with Gasteiger partial charge in [-0.25, -0.2) is 0 Å². The van der Waals surface area contributed by atoms with Crippen molar-refractivity contribution in [3.63, 3.8) is 0 Å². The van der Waals surface area contributed by atoms with Crippen LogP contribution in [-0.4, -0.2) is 91.1 Å². The highest BCUT2D eigenvalue weighted by Gasteiger charge is 2.62. The van der Waals surface area contributed by atoms with Crippen molar-refractivity contribution in [2.24, 2.45) is 16.2 Å². The Morgan fingerprint density at radius 3 is 2.05 bits per heavy atom. The van der Waals surface area contributed by atoms with Gasteiger partial charge in [-0.1, -0.05) is 31.6 Å². The molecule has 0 radical (unpaired) electrons. The third kappa shape index (κ3) is 8.35. The number of ether oxygens (including phenoxy) is 7. The lowest BCUT2D eigenvalue weighted by molar-refractivity contribution is -0.299. The molecule has 3 fully saturated rings. The van der Waals surface area contributed by atoms with Crippen molar-refractivity contribution < 1.29 is 61.9 Å². The lowest BCUT2D eigenvalue weighted by atomic mass is 9.45. The van der Waals surface area contributed by atoms with Crippen LogP contribution in [0.2, 0.25) is 0 Å². The highest BCUT2D eigenvalue weighted by Crippen LogP contribution is 2.65. The van der Waals surface area contributed by atoms with Crippen molar-refractivity contribution in [1.29, 1.82) is 0 Å². The Balaban J connectivity index is 1.48. The van der Waals surface area contributed by atoms with Crippen LogP contribution in [0.5, 0.6) is 0 Å². The van der Waals surface area contributed by atoms with Gasteiger partial charge in [0.15, 0.2) is 18.0 Å². The number of esters is 5. The van der Waals surface area contributed by atoms with Crippen molar-refractivity contribution in [2.75, 3.05) is 13.7 Å². The largest absolute Gasteiger partial charge is 0.469 e. The van der Waals surface area contributed by atoms with E-state index in [0.717, 1.165) is 64.0 Å². The number of carbonyl (C=O) groups excluding carboxylic acids is 6. The molecule has 2 aliphatic heterocycles. The van der Waals surface area contributed by atoms with Crippen molar-refractivity contribution in [2.45, 2.75) is 156 Å². The molecule has 5 aliphatic rings. The molecule has 0 aromatic carbocycles. The Kier molecular flexibility index (Phi) is 12.1. The van der Waals surface area contributed by atoms with Gasteiger partial charge in [-0.3, -0.25) is 28.8 Å². The third-order valence-corrected chi connectivity index (χ3v) is 13.1. The Bertz CT molecular complexity index is 1840. The Morgan fingerprint density at radius 2 is 1.46 bits per heavy atom. The molecule has 57 heavy (non-hydrogen) atoms. The topological polar surface area (TPSA) is 179 Å². The van der Waals surface area contributed by atoms with Gasteiger partial charge in [-0.15, -0.1) is 0 Å². The number of allylic oxidation sites excluding steroid dienone is 6. The van der Waals surface area contributed by atoms with Crippen LogP contribution < -0.4 is 5.32 Å². The maximum Gasteiger partial charge on any atom is 0.311 e. The number of piperidine rings is 1. The summed E-state index contributed by atoms with van der Waals surface area (Å²) in [5.74, 6) is -3.68. The van der Waals surface area contributed by atoms with Crippen LogP contribution >= 0.6 is 0 Å². The number of rotatable bonds is 11. The number of nitrogens with one attached hydrogen (secondary N) is 1. The third-order valence-electron chi connectivity index (χ3n) is 13.1. The minimum absolute atomic E-state index is 0.0665. The Hall–Kier alpha value is -4.30. The number of carbonyl (C=O) groups is 6. The molecule has 5 rings (SSSR count). The minimum Gasteiger partial charge on any atom is -0.469 e. The summed E-state index contributed by atoms with van der Waals surface area (Å²) in [5.41, 5.74) is 1.68. The van der Waals surface area contributed by atoms with Crippen LogP contribution in [-0.2, 0) is 61.9 Å². The van der Waals surface area contributed by atoms with Gasteiger partial charge in [0.1, 0.15) is 12.7 Å². The molecule has 3 aliphatic carbocycles. The van der Waals surface area contributed by atoms with Crippen LogP contribution in [0.3, 0.4) is 0 Å². The summed E-state index contributed by atoms with van der Waals surface area (Å²) in [5, 5.41) is 4.07. The van der Waals surface area contributed by atoms with Crippen molar-refractivity contribution in [3.8, 4) is 0 Å². The zero-order chi connectivity index (χ0) is 42.5. The van der Waals surface area contributed by atoms with Crippen LogP contribution in [0.15, 0.2) is 46.3 Å². The van der Waals surface area contributed by atoms with Crippen molar-refractivity contribution >= 4 is 35.6 Å². The summed E-state index contributed by atoms with van der Waals surface area (Å²) in [6.45, 7) is 18.8. The number of ketones is 1. The number of methoxy groups -OCH3 is 1. The first-order valence-electron chi connectivity index (χ1n) is 19.7. The maximum absolute atomic E-state index is 14.2. The standard InChI is InChI=1S/C43H59NO13/c1-23-28-13-14-32-41(9,18-20-43(11)42(32,10)19-17-40(8,44-43)16-15-39(6,7)38(50)51-12)29(28)21-30(49)33(23)57-37-36(55-27(5)48)35(54-26(4)47)34(53-25(3)46)31(56-37)22-52-24(2)45/h13-14,21,31,34-37,44H,15-20,22H2,1-12H3/t31?,34?,35?,36?,37?,40-,41+,42-,43-/m1/s1. The molecule has 14 nitrogen and oxygen atoms in total. The van der Waals surface area contributed by atoms with Gasteiger partial charge >= 0.3 is 29.8 Å². The normalized spacial score (nSPS) is 34.8. The molecular weight excluding hydrogens is 738 g/mol. The fourth-order valence-electron chi connectivity index (χ4n) is 9.65. The molecule has 0 bridgehead atoms. The van der Waals surface area contributed by atoms with Crippen LogP contribution in [0.4, 0.5) is 0 Å². The average molecular weight is 798 g/mol. The van der Waals surface area contributed by atoms with Crippen LogP contribution in [0.25, 0.3) is 0 Å². The highest BCUT2D eigenvalue weighted by atomic mass is 16.7. The Morgan fingerprint density at radius 1 is 0.842 bits per heavy atom. The second-order valence-electron chi connectivity index (χ2n) is 17.8. The van der Waals surface area contributed by atoms with E-state index < -0.39 is 77.8 Å². The molecule has 14 heteroatoms. The zero-order valence-corrected chi connectivity index (χ0v) is 35.4. The van der Waals surface area contributed by atoms with Crippen LogP contribution in [0, 0.1) is 16.2 Å². The van der Waals surface area contributed by atoms with E-state index in [1.165, 1.54) is 19.6 Å². The van der Waals surface area contributed by atoms with Gasteiger partial charge in [0.05, 0.1) is 12.5 Å². The summed E-state index contributed by atoms with van der Waals surface area (Å²) < 4.78 is 39.3. The van der Waals surface area contributed by atoms with E-state index in [9.17, 15) is 28.8 Å². The molecule has 314 valence electrons. The predicted octanol–water partition coefficient (Wildman–Crippen LogP) is 5.42. The fraction of sp³-hybridized carbons (Fsp3) is 0.674.